The number of hydrogen-bond donors (Lipinski definition) is 0. The molecule has 0 aliphatic carbocycles. The number of hydrogen-bond acceptors (Lipinski definition) is 5. The lowest BCUT2D eigenvalue weighted by Gasteiger charge is -2.21. The van der Waals surface area contributed by atoms with Crippen molar-refractivity contribution in [3.63, 3.8) is 0 Å². The molecule has 1 aliphatic rings. The Morgan fingerprint density at radius 1 is 0.897 bits per heavy atom. The van der Waals surface area contributed by atoms with Crippen LogP contribution < -0.4 is 19.1 Å². The number of fused-ring (bicyclic) bond motifs is 1. The number of carbonyl (C=O) groups is 1. The molecule has 0 spiro atoms. The number of pyridine rings is 1. The molecule has 2 heterocycles. The van der Waals surface area contributed by atoms with E-state index in [1.165, 1.54) is 14.2 Å². The van der Waals surface area contributed by atoms with Gasteiger partial charge < -0.3 is 19.1 Å². The Labute approximate surface area is 169 Å². The molecule has 1 amide bonds. The van der Waals surface area contributed by atoms with Gasteiger partial charge >= 0.3 is 0 Å². The molecule has 3 aromatic rings. The van der Waals surface area contributed by atoms with Crippen LogP contribution in [0, 0.1) is 0 Å². The Hall–Kier alpha value is -3.54. The fourth-order valence-electron chi connectivity index (χ4n) is 3.75. The van der Waals surface area contributed by atoms with Gasteiger partial charge in [0.2, 0.25) is 5.75 Å². The van der Waals surface area contributed by atoms with E-state index in [-0.39, 0.29) is 5.91 Å². The summed E-state index contributed by atoms with van der Waals surface area (Å²) in [6, 6.07) is 13.6. The molecule has 29 heavy (non-hydrogen) atoms. The third kappa shape index (κ3) is 3.27. The van der Waals surface area contributed by atoms with Gasteiger partial charge in [0.1, 0.15) is 0 Å². The first-order valence-corrected chi connectivity index (χ1v) is 9.32. The summed E-state index contributed by atoms with van der Waals surface area (Å²) in [4.78, 5) is 19.2. The summed E-state index contributed by atoms with van der Waals surface area (Å²) < 4.78 is 16.2. The zero-order chi connectivity index (χ0) is 20.4. The van der Waals surface area contributed by atoms with E-state index < -0.39 is 0 Å². The normalized spacial score (nSPS) is 12.4. The van der Waals surface area contributed by atoms with Crippen LogP contribution in [0.2, 0.25) is 0 Å². The lowest BCUT2D eigenvalue weighted by Crippen LogP contribution is -2.29. The van der Waals surface area contributed by atoms with Gasteiger partial charge in [-0.15, -0.1) is 0 Å². The van der Waals surface area contributed by atoms with Crippen molar-refractivity contribution in [2.75, 3.05) is 32.8 Å². The van der Waals surface area contributed by atoms with Crippen LogP contribution in [0.5, 0.6) is 17.2 Å². The number of benzene rings is 2. The Morgan fingerprint density at radius 3 is 2.34 bits per heavy atom. The second kappa shape index (κ2) is 7.83. The molecule has 0 fully saturated rings. The smallest absolute Gasteiger partial charge is 0.262 e. The topological polar surface area (TPSA) is 60.9 Å². The molecule has 0 atom stereocenters. The SMILES string of the molecule is COc1ccc(C(=O)N2CCc3cc(-c4ccncc4)ccc32)c(OC)c1OC. The third-order valence-corrected chi connectivity index (χ3v) is 5.17. The van der Waals surface area contributed by atoms with E-state index in [1.807, 2.05) is 24.3 Å². The number of nitrogens with zero attached hydrogens (tertiary/aromatic N) is 2. The lowest BCUT2D eigenvalue weighted by molar-refractivity contribution is 0.0985. The fourth-order valence-corrected chi connectivity index (χ4v) is 3.75. The summed E-state index contributed by atoms with van der Waals surface area (Å²) in [5, 5.41) is 0. The van der Waals surface area contributed by atoms with Gasteiger partial charge in [-0.05, 0) is 59.5 Å². The summed E-state index contributed by atoms with van der Waals surface area (Å²) in [5.74, 6) is 1.18. The van der Waals surface area contributed by atoms with Crippen molar-refractivity contribution >= 4 is 11.6 Å². The molecule has 4 rings (SSSR count). The molecule has 1 aliphatic heterocycles. The van der Waals surface area contributed by atoms with Gasteiger partial charge in [0.05, 0.1) is 26.9 Å². The largest absolute Gasteiger partial charge is 0.493 e. The molecule has 6 heteroatoms. The predicted molar refractivity (Wildman–Crippen MR) is 111 cm³/mol. The average molecular weight is 390 g/mol. The van der Waals surface area contributed by atoms with E-state index >= 15 is 0 Å². The first kappa shape index (κ1) is 18.8. The van der Waals surface area contributed by atoms with E-state index in [9.17, 15) is 4.79 Å². The number of aromatic nitrogens is 1. The van der Waals surface area contributed by atoms with Gasteiger partial charge in [-0.1, -0.05) is 6.07 Å². The van der Waals surface area contributed by atoms with Crippen molar-refractivity contribution in [1.82, 2.24) is 4.98 Å². The monoisotopic (exact) mass is 390 g/mol. The first-order valence-electron chi connectivity index (χ1n) is 9.32. The van der Waals surface area contributed by atoms with Gasteiger partial charge in [0, 0.05) is 24.6 Å². The first-order chi connectivity index (χ1) is 14.2. The van der Waals surface area contributed by atoms with Gasteiger partial charge in [-0.25, -0.2) is 0 Å². The number of anilines is 1. The van der Waals surface area contributed by atoms with Gasteiger partial charge in [0.15, 0.2) is 11.5 Å². The number of methoxy groups -OCH3 is 3. The van der Waals surface area contributed by atoms with Crippen molar-refractivity contribution in [2.45, 2.75) is 6.42 Å². The van der Waals surface area contributed by atoms with Crippen molar-refractivity contribution in [2.24, 2.45) is 0 Å². The van der Waals surface area contributed by atoms with Crippen molar-refractivity contribution in [3.8, 4) is 28.4 Å². The van der Waals surface area contributed by atoms with Gasteiger partial charge in [-0.2, -0.15) is 0 Å². The maximum atomic E-state index is 13.4. The van der Waals surface area contributed by atoms with Crippen LogP contribution >= 0.6 is 0 Å². The average Bonchev–Trinajstić information content (AvgIpc) is 3.21. The van der Waals surface area contributed by atoms with E-state index in [0.29, 0.717) is 29.4 Å². The van der Waals surface area contributed by atoms with Crippen LogP contribution in [0.25, 0.3) is 11.1 Å². The quantitative estimate of drug-likeness (QED) is 0.660. The summed E-state index contributed by atoms with van der Waals surface area (Å²) in [5.41, 5.74) is 4.73. The van der Waals surface area contributed by atoms with E-state index in [1.54, 1.807) is 36.5 Å². The van der Waals surface area contributed by atoms with E-state index in [4.69, 9.17) is 14.2 Å². The van der Waals surface area contributed by atoms with Crippen LogP contribution in [-0.2, 0) is 6.42 Å². The summed E-state index contributed by atoms with van der Waals surface area (Å²) in [6.07, 6.45) is 4.36. The second-order valence-electron chi connectivity index (χ2n) is 6.67. The molecule has 6 nitrogen and oxygen atoms in total. The summed E-state index contributed by atoms with van der Waals surface area (Å²) in [6.45, 7) is 0.617. The highest BCUT2D eigenvalue weighted by molar-refractivity contribution is 6.09. The second-order valence-corrected chi connectivity index (χ2v) is 6.67. The zero-order valence-electron chi connectivity index (χ0n) is 16.6. The number of carbonyl (C=O) groups excluding carboxylic acids is 1. The molecule has 0 saturated heterocycles. The molecule has 0 saturated carbocycles. The molecule has 0 unspecified atom stereocenters. The van der Waals surface area contributed by atoms with Gasteiger partial charge in [-0.3, -0.25) is 9.78 Å². The van der Waals surface area contributed by atoms with Crippen LogP contribution in [0.3, 0.4) is 0 Å². The Morgan fingerprint density at radius 2 is 1.66 bits per heavy atom. The molecule has 148 valence electrons. The summed E-state index contributed by atoms with van der Waals surface area (Å²) >= 11 is 0. The minimum Gasteiger partial charge on any atom is -0.493 e. The zero-order valence-corrected chi connectivity index (χ0v) is 16.6. The number of amides is 1. The highest BCUT2D eigenvalue weighted by atomic mass is 16.5. The van der Waals surface area contributed by atoms with Crippen molar-refractivity contribution < 1.29 is 19.0 Å². The Bertz CT molecular complexity index is 1050. The molecular formula is C23H22N2O4. The van der Waals surface area contributed by atoms with Crippen LogP contribution in [0.1, 0.15) is 15.9 Å². The lowest BCUT2D eigenvalue weighted by atomic mass is 10.0. The van der Waals surface area contributed by atoms with Crippen LogP contribution in [-0.4, -0.2) is 38.8 Å². The number of ether oxygens (including phenoxy) is 3. The standard InChI is InChI=1S/C23H22N2O4/c1-27-20-7-5-18(21(28-2)22(20)29-3)23(26)25-13-10-17-14-16(4-6-19(17)25)15-8-11-24-12-9-15/h4-9,11-12,14H,10,13H2,1-3H3. The molecular weight excluding hydrogens is 368 g/mol. The summed E-state index contributed by atoms with van der Waals surface area (Å²) in [7, 11) is 4.60. The fraction of sp³-hybridized carbons (Fsp3) is 0.217. The minimum absolute atomic E-state index is 0.127. The maximum absolute atomic E-state index is 13.4. The van der Waals surface area contributed by atoms with Crippen molar-refractivity contribution in [3.05, 3.63) is 66.0 Å². The molecule has 1 aromatic heterocycles. The predicted octanol–water partition coefficient (Wildman–Crippen LogP) is 3.98. The third-order valence-electron chi connectivity index (χ3n) is 5.17. The van der Waals surface area contributed by atoms with Crippen molar-refractivity contribution in [1.29, 1.82) is 0 Å². The molecule has 0 bridgehead atoms. The molecule has 0 N–H and O–H groups in total. The highest BCUT2D eigenvalue weighted by Crippen LogP contribution is 2.41. The van der Waals surface area contributed by atoms with Crippen LogP contribution in [0.4, 0.5) is 5.69 Å². The number of rotatable bonds is 5. The minimum atomic E-state index is -0.127. The Kier molecular flexibility index (Phi) is 5.08. The van der Waals surface area contributed by atoms with E-state index in [0.717, 1.165) is 28.8 Å². The van der Waals surface area contributed by atoms with Crippen LogP contribution in [0.15, 0.2) is 54.9 Å². The molecule has 0 radical (unpaired) electrons. The maximum Gasteiger partial charge on any atom is 0.262 e. The molecule has 2 aromatic carbocycles. The van der Waals surface area contributed by atoms with E-state index in [2.05, 4.69) is 11.1 Å². The Balaban J connectivity index is 1.69. The highest BCUT2D eigenvalue weighted by Gasteiger charge is 2.29. The van der Waals surface area contributed by atoms with Gasteiger partial charge in [0.25, 0.3) is 5.91 Å².